The first-order valence-electron chi connectivity index (χ1n) is 5.49. The summed E-state index contributed by atoms with van der Waals surface area (Å²) in [5, 5.41) is 15.6. The van der Waals surface area contributed by atoms with Gasteiger partial charge in [0, 0.05) is 16.9 Å². The lowest BCUT2D eigenvalue weighted by molar-refractivity contribution is 0.318. The van der Waals surface area contributed by atoms with E-state index in [1.54, 1.807) is 18.5 Å². The van der Waals surface area contributed by atoms with E-state index in [2.05, 4.69) is 41.1 Å². The van der Waals surface area contributed by atoms with Crippen molar-refractivity contribution in [2.24, 2.45) is 10.9 Å². The quantitative estimate of drug-likeness (QED) is 0.313. The van der Waals surface area contributed by atoms with Crippen molar-refractivity contribution in [1.82, 2.24) is 24.7 Å². The predicted octanol–water partition coefficient (Wildman–Crippen LogP) is 1.07. The Morgan fingerprint density at radius 2 is 2.20 bits per heavy atom. The molecule has 8 nitrogen and oxygen atoms in total. The van der Waals surface area contributed by atoms with Crippen molar-refractivity contribution >= 4 is 32.8 Å². The van der Waals surface area contributed by atoms with Crippen LogP contribution in [-0.4, -0.2) is 35.8 Å². The van der Waals surface area contributed by atoms with Crippen LogP contribution in [0.1, 0.15) is 5.82 Å². The summed E-state index contributed by atoms with van der Waals surface area (Å²) in [5.74, 6) is -0.0209. The minimum absolute atomic E-state index is 0.134. The molecule has 20 heavy (non-hydrogen) atoms. The van der Waals surface area contributed by atoms with E-state index in [1.807, 2.05) is 6.07 Å². The van der Waals surface area contributed by atoms with Gasteiger partial charge >= 0.3 is 0 Å². The average molecular weight is 334 g/mol. The Bertz CT molecular complexity index is 813. The third-order valence-electron chi connectivity index (χ3n) is 2.60. The molecule has 3 rings (SSSR count). The number of hydrogen-bond donors (Lipinski definition) is 2. The largest absolute Gasteiger partial charge is 0.409 e. The molecular weight excluding hydrogens is 326 g/mol. The summed E-state index contributed by atoms with van der Waals surface area (Å²) < 4.78 is 2.34. The van der Waals surface area contributed by atoms with E-state index in [1.165, 1.54) is 11.0 Å². The van der Waals surface area contributed by atoms with Gasteiger partial charge in [0.15, 0.2) is 0 Å². The molecule has 0 spiro atoms. The number of rotatable bonds is 2. The SMILES string of the molecule is N/C(=N/O)c1ncn(-c2ccnc3cc(Br)cnc23)n1. The smallest absolute Gasteiger partial charge is 0.220 e. The van der Waals surface area contributed by atoms with E-state index in [0.29, 0.717) is 11.2 Å². The molecule has 0 atom stereocenters. The average Bonchev–Trinajstić information content (AvgIpc) is 2.95. The van der Waals surface area contributed by atoms with Gasteiger partial charge in [-0.05, 0) is 28.1 Å². The number of pyridine rings is 2. The molecule has 0 radical (unpaired) electrons. The topological polar surface area (TPSA) is 115 Å². The second kappa shape index (κ2) is 4.85. The lowest BCUT2D eigenvalue weighted by atomic mass is 10.3. The molecule has 0 aliphatic carbocycles. The van der Waals surface area contributed by atoms with Gasteiger partial charge in [0.25, 0.3) is 0 Å². The molecule has 0 aromatic carbocycles. The highest BCUT2D eigenvalue weighted by atomic mass is 79.9. The number of nitrogens with two attached hydrogens (primary N) is 1. The molecule has 0 unspecified atom stereocenters. The van der Waals surface area contributed by atoms with Crippen molar-refractivity contribution in [3.8, 4) is 5.69 Å². The first kappa shape index (κ1) is 12.5. The summed E-state index contributed by atoms with van der Waals surface area (Å²) in [6.45, 7) is 0. The molecule has 0 bridgehead atoms. The highest BCUT2D eigenvalue weighted by molar-refractivity contribution is 9.10. The van der Waals surface area contributed by atoms with E-state index < -0.39 is 0 Å². The third-order valence-corrected chi connectivity index (χ3v) is 3.03. The number of aromatic nitrogens is 5. The standard InChI is InChI=1S/C11H8BrN7O/c12-6-3-7-9(15-4-6)8(1-2-14-7)19-5-16-11(17-19)10(13)18-20/h1-5,20H,(H2,13,18). The Labute approximate surface area is 121 Å². The van der Waals surface area contributed by atoms with Crippen LogP contribution in [0.5, 0.6) is 0 Å². The van der Waals surface area contributed by atoms with Crippen LogP contribution in [0, 0.1) is 0 Å². The summed E-state index contributed by atoms with van der Waals surface area (Å²) >= 11 is 3.35. The molecule has 3 N–H and O–H groups in total. The van der Waals surface area contributed by atoms with Crippen molar-refractivity contribution in [2.45, 2.75) is 0 Å². The van der Waals surface area contributed by atoms with Crippen LogP contribution < -0.4 is 5.73 Å². The van der Waals surface area contributed by atoms with Gasteiger partial charge < -0.3 is 10.9 Å². The fraction of sp³-hybridized carbons (Fsp3) is 0. The Hall–Kier alpha value is -2.55. The molecule has 0 aliphatic heterocycles. The van der Waals surface area contributed by atoms with Gasteiger partial charge in [0.2, 0.25) is 11.7 Å². The van der Waals surface area contributed by atoms with E-state index in [4.69, 9.17) is 10.9 Å². The lowest BCUT2D eigenvalue weighted by Gasteiger charge is -2.04. The molecule has 100 valence electrons. The van der Waals surface area contributed by atoms with E-state index in [9.17, 15) is 0 Å². The monoisotopic (exact) mass is 333 g/mol. The molecule has 0 fully saturated rings. The zero-order valence-corrected chi connectivity index (χ0v) is 11.6. The summed E-state index contributed by atoms with van der Waals surface area (Å²) in [7, 11) is 0. The summed E-state index contributed by atoms with van der Waals surface area (Å²) in [4.78, 5) is 12.5. The van der Waals surface area contributed by atoms with Crippen LogP contribution in [-0.2, 0) is 0 Å². The van der Waals surface area contributed by atoms with Gasteiger partial charge in [-0.1, -0.05) is 5.16 Å². The minimum Gasteiger partial charge on any atom is -0.409 e. The number of halogens is 1. The van der Waals surface area contributed by atoms with Crippen LogP contribution in [0.15, 0.2) is 40.5 Å². The highest BCUT2D eigenvalue weighted by Gasteiger charge is 2.10. The van der Waals surface area contributed by atoms with Gasteiger partial charge in [0.1, 0.15) is 11.8 Å². The number of oxime groups is 1. The van der Waals surface area contributed by atoms with Crippen molar-refractivity contribution in [3.63, 3.8) is 0 Å². The number of nitrogens with zero attached hydrogens (tertiary/aromatic N) is 6. The van der Waals surface area contributed by atoms with Crippen molar-refractivity contribution in [1.29, 1.82) is 0 Å². The fourth-order valence-corrected chi connectivity index (χ4v) is 2.04. The van der Waals surface area contributed by atoms with Crippen LogP contribution in [0.3, 0.4) is 0 Å². The first-order valence-corrected chi connectivity index (χ1v) is 6.28. The maximum absolute atomic E-state index is 8.62. The van der Waals surface area contributed by atoms with E-state index >= 15 is 0 Å². The number of amidine groups is 1. The minimum atomic E-state index is -0.155. The maximum Gasteiger partial charge on any atom is 0.220 e. The number of fused-ring (bicyclic) bond motifs is 1. The van der Waals surface area contributed by atoms with Gasteiger partial charge in [-0.3, -0.25) is 9.97 Å². The molecule has 0 amide bonds. The molecular formula is C11H8BrN7O. The van der Waals surface area contributed by atoms with Crippen LogP contribution in [0.4, 0.5) is 0 Å². The second-order valence-electron chi connectivity index (χ2n) is 3.85. The molecule has 3 heterocycles. The van der Waals surface area contributed by atoms with Gasteiger partial charge in [0.05, 0.1) is 11.2 Å². The Kier molecular flexibility index (Phi) is 3.03. The summed E-state index contributed by atoms with van der Waals surface area (Å²) in [6.07, 6.45) is 4.79. The first-order chi connectivity index (χ1) is 9.69. The predicted molar refractivity (Wildman–Crippen MR) is 74.7 cm³/mol. The summed E-state index contributed by atoms with van der Waals surface area (Å²) in [5.41, 5.74) is 7.54. The summed E-state index contributed by atoms with van der Waals surface area (Å²) in [6, 6.07) is 3.61. The van der Waals surface area contributed by atoms with Crippen molar-refractivity contribution in [3.05, 3.63) is 41.2 Å². The van der Waals surface area contributed by atoms with Crippen LogP contribution in [0.2, 0.25) is 0 Å². The van der Waals surface area contributed by atoms with Crippen molar-refractivity contribution in [2.75, 3.05) is 0 Å². The fourth-order valence-electron chi connectivity index (χ4n) is 1.72. The van der Waals surface area contributed by atoms with Gasteiger partial charge in [-0.2, -0.15) is 0 Å². The number of hydrogen-bond acceptors (Lipinski definition) is 6. The van der Waals surface area contributed by atoms with Crippen molar-refractivity contribution < 1.29 is 5.21 Å². The third kappa shape index (κ3) is 2.07. The normalized spacial score (nSPS) is 11.9. The zero-order valence-electron chi connectivity index (χ0n) is 9.97. The zero-order chi connectivity index (χ0) is 14.1. The molecule has 9 heteroatoms. The Morgan fingerprint density at radius 3 is 3.00 bits per heavy atom. The molecule has 3 aromatic heterocycles. The lowest BCUT2D eigenvalue weighted by Crippen LogP contribution is -2.15. The van der Waals surface area contributed by atoms with Gasteiger partial charge in [-0.15, -0.1) is 5.10 Å². The van der Waals surface area contributed by atoms with Crippen LogP contribution in [0.25, 0.3) is 16.7 Å². The molecule has 0 saturated heterocycles. The molecule has 3 aromatic rings. The van der Waals surface area contributed by atoms with Crippen LogP contribution >= 0.6 is 15.9 Å². The van der Waals surface area contributed by atoms with Gasteiger partial charge in [-0.25, -0.2) is 9.67 Å². The Balaban J connectivity index is 2.17. The van der Waals surface area contributed by atoms with E-state index in [-0.39, 0.29) is 11.7 Å². The Morgan fingerprint density at radius 1 is 1.35 bits per heavy atom. The van der Waals surface area contributed by atoms with E-state index in [0.717, 1.165) is 9.99 Å². The maximum atomic E-state index is 8.62. The molecule has 0 aliphatic rings. The molecule has 0 saturated carbocycles. The highest BCUT2D eigenvalue weighted by Crippen LogP contribution is 2.20. The second-order valence-corrected chi connectivity index (χ2v) is 4.77.